The van der Waals surface area contributed by atoms with E-state index in [0.29, 0.717) is 0 Å². The number of anilines is 3. The maximum Gasteiger partial charge on any atom is 0.421 e. The Morgan fingerprint density at radius 3 is 2.72 bits per heavy atom. The number of rotatable bonds is 6. The SMILES string of the molecule is Cn1nccc1CN1CCc2cc(Nc3ncc(C(F)(F)F)c(NC4CC4)n3)ccc2C1. The van der Waals surface area contributed by atoms with Crippen molar-refractivity contribution in [1.29, 1.82) is 0 Å². The van der Waals surface area contributed by atoms with Crippen molar-refractivity contribution in [2.75, 3.05) is 17.2 Å². The predicted molar refractivity (Wildman–Crippen MR) is 114 cm³/mol. The molecule has 0 amide bonds. The van der Waals surface area contributed by atoms with Gasteiger partial charge in [-0.25, -0.2) is 4.98 Å². The van der Waals surface area contributed by atoms with Gasteiger partial charge in [0.2, 0.25) is 5.95 Å². The smallest absolute Gasteiger partial charge is 0.367 e. The minimum atomic E-state index is -4.50. The lowest BCUT2D eigenvalue weighted by atomic mass is 9.99. The Balaban J connectivity index is 1.30. The van der Waals surface area contributed by atoms with Gasteiger partial charge in [-0.3, -0.25) is 9.58 Å². The predicted octanol–water partition coefficient (Wildman–Crippen LogP) is 4.11. The minimum Gasteiger partial charge on any atom is -0.367 e. The van der Waals surface area contributed by atoms with Crippen LogP contribution in [0.1, 0.15) is 35.2 Å². The molecule has 1 aliphatic carbocycles. The van der Waals surface area contributed by atoms with Crippen LogP contribution < -0.4 is 10.6 Å². The van der Waals surface area contributed by atoms with Gasteiger partial charge in [-0.05, 0) is 48.6 Å². The van der Waals surface area contributed by atoms with Gasteiger partial charge in [0.25, 0.3) is 0 Å². The number of fused-ring (bicyclic) bond motifs is 1. The normalized spacial score (nSPS) is 16.6. The zero-order valence-electron chi connectivity index (χ0n) is 17.7. The molecule has 0 spiro atoms. The Labute approximate surface area is 183 Å². The zero-order chi connectivity index (χ0) is 22.3. The van der Waals surface area contributed by atoms with E-state index < -0.39 is 11.7 Å². The molecule has 10 heteroatoms. The number of halogens is 3. The Morgan fingerprint density at radius 2 is 2.00 bits per heavy atom. The van der Waals surface area contributed by atoms with Crippen LogP contribution in [0.25, 0.3) is 0 Å². The quantitative estimate of drug-likeness (QED) is 0.598. The van der Waals surface area contributed by atoms with E-state index >= 15 is 0 Å². The van der Waals surface area contributed by atoms with Crippen molar-refractivity contribution in [2.45, 2.75) is 44.6 Å². The average Bonchev–Trinajstić information content (AvgIpc) is 3.47. The summed E-state index contributed by atoms with van der Waals surface area (Å²) in [7, 11) is 1.94. The first-order valence-electron chi connectivity index (χ1n) is 10.6. The zero-order valence-corrected chi connectivity index (χ0v) is 17.7. The first-order valence-corrected chi connectivity index (χ1v) is 10.6. The summed E-state index contributed by atoms with van der Waals surface area (Å²) >= 11 is 0. The molecule has 2 N–H and O–H groups in total. The van der Waals surface area contributed by atoms with Crippen LogP contribution in [0.5, 0.6) is 0 Å². The molecule has 1 aliphatic heterocycles. The second-order valence-corrected chi connectivity index (χ2v) is 8.39. The maximum atomic E-state index is 13.3. The summed E-state index contributed by atoms with van der Waals surface area (Å²) in [6.45, 7) is 2.60. The van der Waals surface area contributed by atoms with E-state index in [0.717, 1.165) is 50.8 Å². The topological polar surface area (TPSA) is 70.9 Å². The molecule has 0 bridgehead atoms. The first-order chi connectivity index (χ1) is 15.3. The van der Waals surface area contributed by atoms with Crippen molar-refractivity contribution in [3.8, 4) is 0 Å². The number of aryl methyl sites for hydroxylation is 1. The lowest BCUT2D eigenvalue weighted by Crippen LogP contribution is -2.30. The number of hydrogen-bond donors (Lipinski definition) is 2. The minimum absolute atomic E-state index is 0.0527. The molecule has 5 rings (SSSR count). The standard InChI is InChI=1S/C22H24F3N7/c1-31-18(6-8-27-31)13-32-9-7-14-10-17(3-2-15(14)12-32)29-21-26-11-19(22(23,24)25)20(30-21)28-16-4-5-16/h2-3,6,8,10-11,16H,4-5,7,9,12-13H2,1H3,(H2,26,28,29,30). The van der Waals surface area contributed by atoms with Crippen LogP contribution >= 0.6 is 0 Å². The van der Waals surface area contributed by atoms with Gasteiger partial charge in [0, 0.05) is 50.8 Å². The van der Waals surface area contributed by atoms with Crippen LogP contribution in [0.4, 0.5) is 30.6 Å². The van der Waals surface area contributed by atoms with Gasteiger partial charge in [-0.15, -0.1) is 0 Å². The monoisotopic (exact) mass is 443 g/mol. The van der Waals surface area contributed by atoms with Gasteiger partial charge in [0.15, 0.2) is 0 Å². The highest BCUT2D eigenvalue weighted by molar-refractivity contribution is 5.59. The second-order valence-electron chi connectivity index (χ2n) is 8.39. The Kier molecular flexibility index (Phi) is 5.24. The molecule has 0 saturated heterocycles. The lowest BCUT2D eigenvalue weighted by molar-refractivity contribution is -0.137. The highest BCUT2D eigenvalue weighted by Crippen LogP contribution is 2.36. The van der Waals surface area contributed by atoms with Crippen molar-refractivity contribution in [1.82, 2.24) is 24.6 Å². The molecule has 1 fully saturated rings. The van der Waals surface area contributed by atoms with Gasteiger partial charge in [0.05, 0.1) is 5.69 Å². The van der Waals surface area contributed by atoms with Gasteiger partial charge in [-0.1, -0.05) is 6.07 Å². The molecule has 168 valence electrons. The molecule has 7 nitrogen and oxygen atoms in total. The fourth-order valence-electron chi connectivity index (χ4n) is 3.92. The number of nitrogens with one attached hydrogen (secondary N) is 2. The molecule has 0 radical (unpaired) electrons. The second kappa shape index (κ2) is 8.09. The summed E-state index contributed by atoms with van der Waals surface area (Å²) in [4.78, 5) is 10.4. The van der Waals surface area contributed by atoms with Crippen LogP contribution in [-0.4, -0.2) is 37.2 Å². The third-order valence-electron chi connectivity index (χ3n) is 5.87. The third kappa shape index (κ3) is 4.55. The highest BCUT2D eigenvalue weighted by atomic mass is 19.4. The van der Waals surface area contributed by atoms with E-state index in [1.807, 2.05) is 29.9 Å². The van der Waals surface area contributed by atoms with Crippen LogP contribution in [0.15, 0.2) is 36.7 Å². The summed E-state index contributed by atoms with van der Waals surface area (Å²) in [5.41, 5.74) is 3.56. The molecule has 3 aromatic rings. The largest absolute Gasteiger partial charge is 0.421 e. The first kappa shape index (κ1) is 20.7. The van der Waals surface area contributed by atoms with Crippen LogP contribution in [0, 0.1) is 0 Å². The van der Waals surface area contributed by atoms with Crippen molar-refractivity contribution in [2.24, 2.45) is 7.05 Å². The molecule has 0 unspecified atom stereocenters. The van der Waals surface area contributed by atoms with Crippen molar-refractivity contribution in [3.05, 3.63) is 59.0 Å². The molecule has 0 atom stereocenters. The van der Waals surface area contributed by atoms with E-state index in [1.165, 1.54) is 16.8 Å². The molecular weight excluding hydrogens is 419 g/mol. The Morgan fingerprint density at radius 1 is 1.16 bits per heavy atom. The summed E-state index contributed by atoms with van der Waals surface area (Å²) in [6, 6.07) is 8.09. The molecule has 1 saturated carbocycles. The van der Waals surface area contributed by atoms with E-state index in [2.05, 4.69) is 36.7 Å². The maximum absolute atomic E-state index is 13.3. The molecule has 2 aliphatic rings. The van der Waals surface area contributed by atoms with Crippen LogP contribution in [-0.2, 0) is 32.7 Å². The molecule has 2 aromatic heterocycles. The molecule has 32 heavy (non-hydrogen) atoms. The summed E-state index contributed by atoms with van der Waals surface area (Å²) < 4.78 is 41.8. The number of aromatic nitrogens is 4. The van der Waals surface area contributed by atoms with Crippen molar-refractivity contribution < 1.29 is 13.2 Å². The van der Waals surface area contributed by atoms with E-state index in [9.17, 15) is 13.2 Å². The van der Waals surface area contributed by atoms with E-state index in [4.69, 9.17) is 0 Å². The van der Waals surface area contributed by atoms with Gasteiger partial charge in [0.1, 0.15) is 11.4 Å². The fourth-order valence-corrected chi connectivity index (χ4v) is 3.92. The number of benzene rings is 1. The van der Waals surface area contributed by atoms with Crippen LogP contribution in [0.2, 0.25) is 0 Å². The van der Waals surface area contributed by atoms with E-state index in [1.54, 1.807) is 6.20 Å². The molecular formula is C22H24F3N7. The number of nitrogens with zero attached hydrogens (tertiary/aromatic N) is 5. The van der Waals surface area contributed by atoms with Gasteiger partial charge in [-0.2, -0.15) is 23.3 Å². The van der Waals surface area contributed by atoms with Crippen molar-refractivity contribution in [3.63, 3.8) is 0 Å². The van der Waals surface area contributed by atoms with Gasteiger partial charge >= 0.3 is 6.18 Å². The molecule has 1 aromatic carbocycles. The third-order valence-corrected chi connectivity index (χ3v) is 5.87. The lowest BCUT2D eigenvalue weighted by Gasteiger charge is -2.29. The number of alkyl halides is 3. The summed E-state index contributed by atoms with van der Waals surface area (Å²) in [6.07, 6.45) is 0.752. The fraction of sp³-hybridized carbons (Fsp3) is 0.409. The van der Waals surface area contributed by atoms with Crippen molar-refractivity contribution >= 4 is 17.5 Å². The number of hydrogen-bond acceptors (Lipinski definition) is 6. The Bertz CT molecular complexity index is 1120. The summed E-state index contributed by atoms with van der Waals surface area (Å²) in [5, 5.41) is 10.2. The molecule has 3 heterocycles. The van der Waals surface area contributed by atoms with Gasteiger partial charge < -0.3 is 10.6 Å². The summed E-state index contributed by atoms with van der Waals surface area (Å²) in [5.74, 6) is -0.0176. The Hall–Kier alpha value is -3.14. The highest BCUT2D eigenvalue weighted by Gasteiger charge is 2.37. The van der Waals surface area contributed by atoms with E-state index in [-0.39, 0.29) is 17.8 Å². The average molecular weight is 443 g/mol. The van der Waals surface area contributed by atoms with Crippen LogP contribution in [0.3, 0.4) is 0 Å².